The molecule has 0 aliphatic heterocycles. The summed E-state index contributed by atoms with van der Waals surface area (Å²) < 4.78 is 25.2. The molecule has 1 nitrogen and oxygen atoms in total. The van der Waals surface area contributed by atoms with E-state index in [1.807, 2.05) is 38.1 Å². The van der Waals surface area contributed by atoms with Crippen LogP contribution in [-0.4, -0.2) is 4.21 Å². The molecule has 2 rings (SSSR count). The second-order valence-electron chi connectivity index (χ2n) is 4.65. The van der Waals surface area contributed by atoms with Crippen molar-refractivity contribution in [3.63, 3.8) is 0 Å². The minimum atomic E-state index is -1.01. The van der Waals surface area contributed by atoms with E-state index in [1.54, 1.807) is 12.1 Å². The van der Waals surface area contributed by atoms with Crippen molar-refractivity contribution in [3.8, 4) is 0 Å². The van der Waals surface area contributed by atoms with E-state index >= 15 is 0 Å². The van der Waals surface area contributed by atoms with Crippen LogP contribution < -0.4 is 0 Å². The smallest absolute Gasteiger partial charge is 0.123 e. The SMILES string of the molecule is Cc1ccccc1C[S@@](=O)[C@@H](C)c1ccc(F)cc1. The third-order valence-electron chi connectivity index (χ3n) is 3.29. The summed E-state index contributed by atoms with van der Waals surface area (Å²) in [5, 5.41) is -0.0970. The first-order chi connectivity index (χ1) is 9.08. The van der Waals surface area contributed by atoms with E-state index in [4.69, 9.17) is 0 Å². The Morgan fingerprint density at radius 1 is 1.11 bits per heavy atom. The molecule has 0 fully saturated rings. The van der Waals surface area contributed by atoms with Crippen LogP contribution >= 0.6 is 0 Å². The van der Waals surface area contributed by atoms with E-state index in [0.717, 1.165) is 16.7 Å². The van der Waals surface area contributed by atoms with Crippen LogP contribution in [0.1, 0.15) is 28.9 Å². The van der Waals surface area contributed by atoms with Crippen molar-refractivity contribution in [3.05, 3.63) is 71.0 Å². The molecule has 0 bridgehead atoms. The normalized spacial score (nSPS) is 14.1. The first kappa shape index (κ1) is 13.9. The molecular weight excluding hydrogens is 259 g/mol. The molecule has 0 aliphatic rings. The Hall–Kier alpha value is -1.48. The van der Waals surface area contributed by atoms with Crippen LogP contribution in [0.2, 0.25) is 0 Å². The molecule has 0 aliphatic carbocycles. The summed E-state index contributed by atoms with van der Waals surface area (Å²) in [6, 6.07) is 14.2. The van der Waals surface area contributed by atoms with Gasteiger partial charge in [-0.1, -0.05) is 36.4 Å². The van der Waals surface area contributed by atoms with Crippen LogP contribution in [0.5, 0.6) is 0 Å². The molecule has 0 saturated carbocycles. The summed E-state index contributed by atoms with van der Waals surface area (Å²) in [5.41, 5.74) is 3.17. The van der Waals surface area contributed by atoms with E-state index in [0.29, 0.717) is 5.75 Å². The molecule has 0 aromatic heterocycles. The van der Waals surface area contributed by atoms with Crippen LogP contribution in [-0.2, 0) is 16.6 Å². The van der Waals surface area contributed by atoms with Gasteiger partial charge in [-0.2, -0.15) is 0 Å². The lowest BCUT2D eigenvalue weighted by Gasteiger charge is -2.13. The Morgan fingerprint density at radius 2 is 1.74 bits per heavy atom. The summed E-state index contributed by atoms with van der Waals surface area (Å²) in [4.78, 5) is 0. The lowest BCUT2D eigenvalue weighted by molar-refractivity contribution is 0.626. The van der Waals surface area contributed by atoms with Crippen molar-refractivity contribution in [2.75, 3.05) is 0 Å². The van der Waals surface area contributed by atoms with Gasteiger partial charge in [-0.05, 0) is 42.7 Å². The number of aryl methyl sites for hydroxylation is 1. The second kappa shape index (κ2) is 6.11. The van der Waals surface area contributed by atoms with Gasteiger partial charge in [0.15, 0.2) is 0 Å². The largest absolute Gasteiger partial charge is 0.259 e. The Labute approximate surface area is 115 Å². The quantitative estimate of drug-likeness (QED) is 0.820. The zero-order valence-corrected chi connectivity index (χ0v) is 11.9. The molecule has 0 amide bonds. The highest BCUT2D eigenvalue weighted by Crippen LogP contribution is 2.23. The fraction of sp³-hybridized carbons (Fsp3) is 0.250. The Bertz CT molecular complexity index is 578. The number of halogens is 1. The van der Waals surface area contributed by atoms with Crippen LogP contribution in [0, 0.1) is 12.7 Å². The van der Waals surface area contributed by atoms with Crippen molar-refractivity contribution < 1.29 is 8.60 Å². The molecule has 0 heterocycles. The second-order valence-corrected chi connectivity index (χ2v) is 6.40. The van der Waals surface area contributed by atoms with E-state index in [1.165, 1.54) is 12.1 Å². The van der Waals surface area contributed by atoms with Crippen molar-refractivity contribution in [1.82, 2.24) is 0 Å². The summed E-state index contributed by atoms with van der Waals surface area (Å²) in [6.45, 7) is 3.94. The van der Waals surface area contributed by atoms with E-state index < -0.39 is 10.8 Å². The molecule has 19 heavy (non-hydrogen) atoms. The van der Waals surface area contributed by atoms with E-state index in [9.17, 15) is 8.60 Å². The fourth-order valence-electron chi connectivity index (χ4n) is 1.94. The summed E-state index contributed by atoms with van der Waals surface area (Å²) >= 11 is 0. The molecule has 2 aromatic carbocycles. The monoisotopic (exact) mass is 276 g/mol. The van der Waals surface area contributed by atoms with Gasteiger partial charge < -0.3 is 0 Å². The zero-order valence-electron chi connectivity index (χ0n) is 11.1. The molecule has 0 N–H and O–H groups in total. The van der Waals surface area contributed by atoms with Gasteiger partial charge in [0, 0.05) is 16.6 Å². The minimum Gasteiger partial charge on any atom is -0.259 e. The highest BCUT2D eigenvalue weighted by molar-refractivity contribution is 7.84. The molecule has 2 atom stereocenters. The number of rotatable bonds is 4. The van der Waals surface area contributed by atoms with Crippen molar-refractivity contribution in [1.29, 1.82) is 0 Å². The van der Waals surface area contributed by atoms with Gasteiger partial charge in [-0.3, -0.25) is 4.21 Å². The fourth-order valence-corrected chi connectivity index (χ4v) is 3.28. The lowest BCUT2D eigenvalue weighted by Crippen LogP contribution is -2.06. The molecule has 0 spiro atoms. The highest BCUT2D eigenvalue weighted by atomic mass is 32.2. The minimum absolute atomic E-state index is 0.0970. The Balaban J connectivity index is 2.12. The van der Waals surface area contributed by atoms with Crippen LogP contribution in [0.3, 0.4) is 0 Å². The number of hydrogen-bond donors (Lipinski definition) is 0. The van der Waals surface area contributed by atoms with Gasteiger partial charge in [-0.15, -0.1) is 0 Å². The summed E-state index contributed by atoms with van der Waals surface area (Å²) in [6.07, 6.45) is 0. The van der Waals surface area contributed by atoms with Crippen LogP contribution in [0.4, 0.5) is 4.39 Å². The molecule has 3 heteroatoms. The first-order valence-corrected chi connectivity index (χ1v) is 7.63. The van der Waals surface area contributed by atoms with Gasteiger partial charge in [0.2, 0.25) is 0 Å². The van der Waals surface area contributed by atoms with Gasteiger partial charge in [-0.25, -0.2) is 4.39 Å². The van der Waals surface area contributed by atoms with Gasteiger partial charge in [0.25, 0.3) is 0 Å². The molecule has 0 unspecified atom stereocenters. The molecule has 0 radical (unpaired) electrons. The topological polar surface area (TPSA) is 17.1 Å². The third-order valence-corrected chi connectivity index (χ3v) is 4.95. The maximum atomic E-state index is 12.9. The van der Waals surface area contributed by atoms with Crippen LogP contribution in [0.25, 0.3) is 0 Å². The third kappa shape index (κ3) is 3.51. The zero-order chi connectivity index (χ0) is 13.8. The van der Waals surface area contributed by atoms with Crippen LogP contribution in [0.15, 0.2) is 48.5 Å². The molecule has 0 saturated heterocycles. The van der Waals surface area contributed by atoms with Crippen molar-refractivity contribution in [2.45, 2.75) is 24.9 Å². The molecule has 2 aromatic rings. The van der Waals surface area contributed by atoms with Gasteiger partial charge in [0.05, 0.1) is 5.25 Å². The highest BCUT2D eigenvalue weighted by Gasteiger charge is 2.14. The van der Waals surface area contributed by atoms with Gasteiger partial charge in [0.1, 0.15) is 5.82 Å². The molecule has 100 valence electrons. The lowest BCUT2D eigenvalue weighted by atomic mass is 10.1. The summed E-state index contributed by atoms with van der Waals surface area (Å²) in [7, 11) is -1.01. The van der Waals surface area contributed by atoms with Crippen molar-refractivity contribution >= 4 is 10.8 Å². The standard InChI is InChI=1S/C16H17FOS/c1-12-5-3-4-6-15(12)11-19(18)13(2)14-7-9-16(17)10-8-14/h3-10,13H,11H2,1-2H3/t13-,19+/m0/s1. The number of benzene rings is 2. The van der Waals surface area contributed by atoms with Crippen molar-refractivity contribution in [2.24, 2.45) is 0 Å². The summed E-state index contributed by atoms with van der Waals surface area (Å²) in [5.74, 6) is 0.270. The van der Waals surface area contributed by atoms with Gasteiger partial charge >= 0.3 is 0 Å². The average molecular weight is 276 g/mol. The number of hydrogen-bond acceptors (Lipinski definition) is 1. The maximum Gasteiger partial charge on any atom is 0.123 e. The maximum absolute atomic E-state index is 12.9. The first-order valence-electron chi connectivity index (χ1n) is 6.25. The predicted octanol–water partition coefficient (Wildman–Crippen LogP) is 4.14. The Morgan fingerprint density at radius 3 is 2.37 bits per heavy atom. The van der Waals surface area contributed by atoms with E-state index in [2.05, 4.69) is 0 Å². The van der Waals surface area contributed by atoms with E-state index in [-0.39, 0.29) is 11.1 Å². The average Bonchev–Trinajstić information content (AvgIpc) is 2.41. The Kier molecular flexibility index (Phi) is 4.48. The molecular formula is C16H17FOS. The predicted molar refractivity (Wildman–Crippen MR) is 77.8 cm³/mol.